The van der Waals surface area contributed by atoms with Crippen LogP contribution in [0.5, 0.6) is 0 Å². The minimum atomic E-state index is -3.24. The molecule has 0 bridgehead atoms. The van der Waals surface area contributed by atoms with Crippen LogP contribution in [0.1, 0.15) is 26.7 Å². The van der Waals surface area contributed by atoms with Crippen LogP contribution in [0.4, 0.5) is 5.82 Å². The molecular formula is C21H28N6O2S. The zero-order valence-corrected chi connectivity index (χ0v) is 18.4. The molecule has 0 aliphatic carbocycles. The summed E-state index contributed by atoms with van der Waals surface area (Å²) in [4.78, 5) is 13.8. The number of fused-ring (bicyclic) bond motifs is 1. The number of nitrogens with zero attached hydrogens (tertiary/aromatic N) is 5. The molecule has 0 saturated carbocycles. The number of hydrogen-bond donors (Lipinski definition) is 1. The van der Waals surface area contributed by atoms with Gasteiger partial charge in [-0.15, -0.1) is 0 Å². The van der Waals surface area contributed by atoms with E-state index >= 15 is 0 Å². The summed E-state index contributed by atoms with van der Waals surface area (Å²) < 4.78 is 28.9. The molecule has 0 aromatic carbocycles. The molecule has 1 atom stereocenters. The van der Waals surface area contributed by atoms with Crippen molar-refractivity contribution in [3.8, 4) is 11.3 Å². The van der Waals surface area contributed by atoms with Crippen molar-refractivity contribution in [2.24, 2.45) is 13.0 Å². The largest absolute Gasteiger partial charge is 0.365 e. The van der Waals surface area contributed by atoms with Crippen molar-refractivity contribution < 1.29 is 8.42 Å². The van der Waals surface area contributed by atoms with Gasteiger partial charge in [-0.3, -0.25) is 4.98 Å². The number of piperidine rings is 1. The van der Waals surface area contributed by atoms with Gasteiger partial charge in [0.1, 0.15) is 11.3 Å². The average Bonchev–Trinajstić information content (AvgIpc) is 3.08. The van der Waals surface area contributed by atoms with Crippen LogP contribution in [0.25, 0.3) is 22.4 Å². The van der Waals surface area contributed by atoms with Crippen LogP contribution in [-0.4, -0.2) is 57.1 Å². The molecule has 4 rings (SSSR count). The standard InChI is InChI=1S/C21H28N6O2S/c1-15(2)14-30(28,29)27-10-5-6-16(13-27)24-20-17(7-4-9-22-20)19-12-23-18-8-11-26(3)21(18)25-19/h4,7-9,11-12,15-16H,5-6,10,13-14H2,1-3H3,(H,22,24)/t16-/m0/s1. The van der Waals surface area contributed by atoms with Crippen molar-refractivity contribution in [3.05, 3.63) is 36.8 Å². The van der Waals surface area contributed by atoms with E-state index in [1.54, 1.807) is 16.7 Å². The highest BCUT2D eigenvalue weighted by molar-refractivity contribution is 7.89. The summed E-state index contributed by atoms with van der Waals surface area (Å²) in [5.74, 6) is 0.992. The second-order valence-corrected chi connectivity index (χ2v) is 10.3. The summed E-state index contributed by atoms with van der Waals surface area (Å²) in [7, 11) is -1.30. The van der Waals surface area contributed by atoms with E-state index in [0.29, 0.717) is 18.9 Å². The number of pyridine rings is 1. The van der Waals surface area contributed by atoms with Crippen LogP contribution in [-0.2, 0) is 17.1 Å². The number of aromatic nitrogens is 4. The molecule has 3 aromatic rings. The number of aryl methyl sites for hydroxylation is 1. The topological polar surface area (TPSA) is 93.0 Å². The number of nitrogens with one attached hydrogen (secondary N) is 1. The van der Waals surface area contributed by atoms with Crippen molar-refractivity contribution in [3.63, 3.8) is 0 Å². The van der Waals surface area contributed by atoms with Crippen LogP contribution in [0.3, 0.4) is 0 Å². The van der Waals surface area contributed by atoms with E-state index in [4.69, 9.17) is 4.98 Å². The van der Waals surface area contributed by atoms with Gasteiger partial charge in [0.2, 0.25) is 10.0 Å². The molecule has 8 nitrogen and oxygen atoms in total. The Morgan fingerprint density at radius 2 is 2.10 bits per heavy atom. The Kier molecular flexibility index (Phi) is 5.75. The van der Waals surface area contributed by atoms with E-state index in [1.807, 2.05) is 49.9 Å². The summed E-state index contributed by atoms with van der Waals surface area (Å²) in [6, 6.07) is 5.77. The van der Waals surface area contributed by atoms with E-state index < -0.39 is 10.0 Å². The molecule has 0 spiro atoms. The van der Waals surface area contributed by atoms with Crippen LogP contribution >= 0.6 is 0 Å². The first-order valence-electron chi connectivity index (χ1n) is 10.3. The van der Waals surface area contributed by atoms with Gasteiger partial charge in [-0.25, -0.2) is 18.4 Å². The summed E-state index contributed by atoms with van der Waals surface area (Å²) in [6.45, 7) is 4.90. The van der Waals surface area contributed by atoms with Gasteiger partial charge < -0.3 is 9.88 Å². The maximum Gasteiger partial charge on any atom is 0.214 e. The summed E-state index contributed by atoms with van der Waals surface area (Å²) in [5, 5.41) is 3.47. The smallest absolute Gasteiger partial charge is 0.214 e. The Morgan fingerprint density at radius 1 is 1.27 bits per heavy atom. The van der Waals surface area contributed by atoms with Crippen molar-refractivity contribution >= 4 is 27.0 Å². The predicted octanol–water partition coefficient (Wildman–Crippen LogP) is 2.89. The van der Waals surface area contributed by atoms with Crippen molar-refractivity contribution in [1.29, 1.82) is 0 Å². The monoisotopic (exact) mass is 428 g/mol. The van der Waals surface area contributed by atoms with Gasteiger partial charge in [-0.05, 0) is 37.0 Å². The Morgan fingerprint density at radius 3 is 2.90 bits per heavy atom. The molecule has 0 radical (unpaired) electrons. The number of sulfonamides is 1. The molecule has 1 N–H and O–H groups in total. The highest BCUT2D eigenvalue weighted by Crippen LogP contribution is 2.27. The van der Waals surface area contributed by atoms with Crippen molar-refractivity contribution in [2.75, 3.05) is 24.2 Å². The van der Waals surface area contributed by atoms with E-state index in [9.17, 15) is 8.42 Å². The molecule has 30 heavy (non-hydrogen) atoms. The molecule has 1 aliphatic rings. The van der Waals surface area contributed by atoms with Gasteiger partial charge in [-0.2, -0.15) is 4.31 Å². The third kappa shape index (κ3) is 4.32. The fourth-order valence-electron chi connectivity index (χ4n) is 3.91. The normalized spacial score (nSPS) is 18.2. The highest BCUT2D eigenvalue weighted by Gasteiger charge is 2.30. The first-order valence-corrected chi connectivity index (χ1v) is 11.9. The maximum absolute atomic E-state index is 12.7. The zero-order valence-electron chi connectivity index (χ0n) is 17.6. The molecule has 1 aliphatic heterocycles. The zero-order chi connectivity index (χ0) is 21.3. The lowest BCUT2D eigenvalue weighted by Gasteiger charge is -2.33. The lowest BCUT2D eigenvalue weighted by Crippen LogP contribution is -2.46. The molecule has 0 amide bonds. The second-order valence-electron chi connectivity index (χ2n) is 8.30. The third-order valence-electron chi connectivity index (χ3n) is 5.32. The third-order valence-corrected chi connectivity index (χ3v) is 7.52. The molecular weight excluding hydrogens is 400 g/mol. The van der Waals surface area contributed by atoms with Crippen LogP contribution in [0.2, 0.25) is 0 Å². The Balaban J connectivity index is 1.57. The van der Waals surface area contributed by atoms with Gasteiger partial charge in [-0.1, -0.05) is 13.8 Å². The van der Waals surface area contributed by atoms with Gasteiger partial charge in [0, 0.05) is 44.1 Å². The van der Waals surface area contributed by atoms with Crippen LogP contribution < -0.4 is 5.32 Å². The molecule has 0 unspecified atom stereocenters. The summed E-state index contributed by atoms with van der Waals surface area (Å²) in [5.41, 5.74) is 3.25. The van der Waals surface area contributed by atoms with E-state index in [0.717, 1.165) is 35.3 Å². The van der Waals surface area contributed by atoms with Gasteiger partial charge >= 0.3 is 0 Å². The van der Waals surface area contributed by atoms with Gasteiger partial charge in [0.15, 0.2) is 5.65 Å². The molecule has 160 valence electrons. The van der Waals surface area contributed by atoms with E-state index in [1.165, 1.54) is 0 Å². The molecule has 1 fully saturated rings. The quantitative estimate of drug-likeness (QED) is 0.649. The first kappa shape index (κ1) is 20.7. The fraction of sp³-hybridized carbons (Fsp3) is 0.476. The number of rotatable bonds is 6. The number of hydrogen-bond acceptors (Lipinski definition) is 6. The van der Waals surface area contributed by atoms with E-state index in [2.05, 4.69) is 15.3 Å². The van der Waals surface area contributed by atoms with Crippen molar-refractivity contribution in [1.82, 2.24) is 23.8 Å². The average molecular weight is 429 g/mol. The minimum absolute atomic E-state index is 0.000985. The van der Waals surface area contributed by atoms with Crippen LogP contribution in [0.15, 0.2) is 36.8 Å². The maximum atomic E-state index is 12.7. The van der Waals surface area contributed by atoms with Gasteiger partial charge in [0.05, 0.1) is 17.6 Å². The lowest BCUT2D eigenvalue weighted by molar-refractivity contribution is 0.325. The highest BCUT2D eigenvalue weighted by atomic mass is 32.2. The molecule has 9 heteroatoms. The first-order chi connectivity index (χ1) is 14.3. The number of anilines is 1. The Bertz CT molecular complexity index is 1140. The Labute approximate surface area is 177 Å². The van der Waals surface area contributed by atoms with Gasteiger partial charge in [0.25, 0.3) is 0 Å². The van der Waals surface area contributed by atoms with Crippen LogP contribution in [0, 0.1) is 5.92 Å². The lowest BCUT2D eigenvalue weighted by atomic mass is 10.1. The summed E-state index contributed by atoms with van der Waals surface area (Å²) in [6.07, 6.45) is 7.14. The Hall–Kier alpha value is -2.52. The van der Waals surface area contributed by atoms with Crippen molar-refractivity contribution in [2.45, 2.75) is 32.7 Å². The molecule has 3 aromatic heterocycles. The summed E-state index contributed by atoms with van der Waals surface area (Å²) >= 11 is 0. The molecule has 4 heterocycles. The second kappa shape index (κ2) is 8.31. The fourth-order valence-corrected chi connectivity index (χ4v) is 5.78. The predicted molar refractivity (Wildman–Crippen MR) is 119 cm³/mol. The molecule has 1 saturated heterocycles. The SMILES string of the molecule is CC(C)CS(=O)(=O)N1CCC[C@H](Nc2ncccc2-c2cnc3ccn(C)c3n2)C1. The van der Waals surface area contributed by atoms with E-state index in [-0.39, 0.29) is 17.7 Å². The minimum Gasteiger partial charge on any atom is -0.365 e.